The highest BCUT2D eigenvalue weighted by atomic mass is 35.5. The van der Waals surface area contributed by atoms with E-state index in [0.717, 1.165) is 16.9 Å². The number of terminal acetylenes is 1. The summed E-state index contributed by atoms with van der Waals surface area (Å²) in [7, 11) is 0. The molecule has 2 aromatic carbocycles. The number of benzene rings is 2. The van der Waals surface area contributed by atoms with Gasteiger partial charge in [-0.15, -0.1) is 18.0 Å². The molecule has 0 amide bonds. The number of esters is 1. The maximum absolute atomic E-state index is 12.6. The second-order valence-corrected chi connectivity index (χ2v) is 8.62. The first-order valence-corrected chi connectivity index (χ1v) is 9.34. The van der Waals surface area contributed by atoms with Crippen LogP contribution in [0.1, 0.15) is 38.0 Å². The van der Waals surface area contributed by atoms with E-state index in [4.69, 9.17) is 22.8 Å². The monoisotopic (exact) mass is 381 g/mol. The molecule has 2 aromatic rings. The molecule has 1 aliphatic rings. The molecule has 0 radical (unpaired) electrons. The highest BCUT2D eigenvalue weighted by molar-refractivity contribution is 6.29. The minimum absolute atomic E-state index is 0.306. The van der Waals surface area contributed by atoms with Gasteiger partial charge >= 0.3 is 5.97 Å². The van der Waals surface area contributed by atoms with Crippen molar-refractivity contribution in [1.29, 1.82) is 0 Å². The maximum atomic E-state index is 12.6. The van der Waals surface area contributed by atoms with Crippen LogP contribution in [0.2, 0.25) is 0 Å². The number of carbonyl (C=O) groups excluding carboxylic acids is 1. The van der Waals surface area contributed by atoms with E-state index in [9.17, 15) is 4.79 Å². The highest BCUT2D eigenvalue weighted by Gasteiger charge is 2.72. The van der Waals surface area contributed by atoms with Crippen LogP contribution in [0.15, 0.2) is 48.5 Å². The summed E-state index contributed by atoms with van der Waals surface area (Å²) in [5.74, 6) is 1.86. The molecule has 0 bridgehead atoms. The van der Waals surface area contributed by atoms with E-state index in [0.29, 0.717) is 0 Å². The Kier molecular flexibility index (Phi) is 4.97. The molecule has 3 unspecified atom stereocenters. The van der Waals surface area contributed by atoms with Crippen LogP contribution in [-0.4, -0.2) is 10.8 Å². The van der Waals surface area contributed by atoms with Gasteiger partial charge in [-0.2, -0.15) is 0 Å². The number of carbonyl (C=O) groups is 1. The average molecular weight is 382 g/mol. The maximum Gasteiger partial charge on any atom is 0.312 e. The predicted molar refractivity (Wildman–Crippen MR) is 110 cm³/mol. The number of anilines is 2. The SMILES string of the molecule is C#CC(OC(=O)C1C(C)(C)C1(C)Cl)c1cccc(Nc2ccc(C)cc2)c1. The van der Waals surface area contributed by atoms with Crippen LogP contribution in [0.5, 0.6) is 0 Å². The summed E-state index contributed by atoms with van der Waals surface area (Å²) in [6, 6.07) is 15.7. The van der Waals surface area contributed by atoms with Crippen LogP contribution in [0, 0.1) is 30.6 Å². The van der Waals surface area contributed by atoms with Crippen LogP contribution >= 0.6 is 11.6 Å². The van der Waals surface area contributed by atoms with E-state index in [1.165, 1.54) is 5.56 Å². The zero-order valence-corrected chi connectivity index (χ0v) is 16.8. The van der Waals surface area contributed by atoms with Crippen molar-refractivity contribution in [3.05, 3.63) is 59.7 Å². The van der Waals surface area contributed by atoms with Gasteiger partial charge in [0.1, 0.15) is 0 Å². The standard InChI is InChI=1S/C23H24ClNO2/c1-6-19(27-21(26)20-22(3,4)23(20,5)24)16-8-7-9-18(14-16)25-17-12-10-15(2)11-13-17/h1,7-14,19-20,25H,2-5H3. The number of aryl methyl sites for hydroxylation is 1. The van der Waals surface area contributed by atoms with E-state index in [1.54, 1.807) is 0 Å². The fourth-order valence-corrected chi connectivity index (χ4v) is 3.82. The van der Waals surface area contributed by atoms with E-state index < -0.39 is 11.0 Å². The molecular formula is C23H24ClNO2. The van der Waals surface area contributed by atoms with Crippen LogP contribution in [-0.2, 0) is 9.53 Å². The lowest BCUT2D eigenvalue weighted by molar-refractivity contribution is -0.149. The Labute approximate surface area is 166 Å². The van der Waals surface area contributed by atoms with Gasteiger partial charge in [0, 0.05) is 16.9 Å². The molecule has 1 aliphatic carbocycles. The molecule has 3 rings (SSSR count). The van der Waals surface area contributed by atoms with Gasteiger partial charge in [0.25, 0.3) is 0 Å². The smallest absolute Gasteiger partial charge is 0.312 e. The molecule has 0 aromatic heterocycles. The van der Waals surface area contributed by atoms with Crippen LogP contribution < -0.4 is 5.32 Å². The number of hydrogen-bond acceptors (Lipinski definition) is 3. The molecule has 3 nitrogen and oxygen atoms in total. The summed E-state index contributed by atoms with van der Waals surface area (Å²) in [5, 5.41) is 3.33. The van der Waals surface area contributed by atoms with Crippen molar-refractivity contribution in [2.45, 2.75) is 38.7 Å². The highest BCUT2D eigenvalue weighted by Crippen LogP contribution is 2.66. The van der Waals surface area contributed by atoms with Crippen LogP contribution in [0.4, 0.5) is 11.4 Å². The topological polar surface area (TPSA) is 38.3 Å². The molecule has 3 atom stereocenters. The van der Waals surface area contributed by atoms with Crippen molar-refractivity contribution in [2.24, 2.45) is 11.3 Å². The number of ether oxygens (including phenoxy) is 1. The number of rotatable bonds is 5. The van der Waals surface area contributed by atoms with Gasteiger partial charge in [0.05, 0.1) is 10.8 Å². The molecule has 1 saturated carbocycles. The summed E-state index contributed by atoms with van der Waals surface area (Å²) in [6.45, 7) is 7.83. The van der Waals surface area contributed by atoms with Crippen molar-refractivity contribution in [1.82, 2.24) is 0 Å². The first-order valence-electron chi connectivity index (χ1n) is 8.96. The van der Waals surface area contributed by atoms with Crippen LogP contribution in [0.3, 0.4) is 0 Å². The lowest BCUT2D eigenvalue weighted by atomic mass is 10.1. The second kappa shape index (κ2) is 6.94. The number of hydrogen-bond donors (Lipinski definition) is 1. The second-order valence-electron chi connectivity index (χ2n) is 7.83. The van der Waals surface area contributed by atoms with Crippen molar-refractivity contribution in [3.8, 4) is 12.3 Å². The van der Waals surface area contributed by atoms with E-state index in [-0.39, 0.29) is 17.3 Å². The zero-order chi connectivity index (χ0) is 19.8. The lowest BCUT2D eigenvalue weighted by Crippen LogP contribution is -2.15. The van der Waals surface area contributed by atoms with Crippen LogP contribution in [0.25, 0.3) is 0 Å². The number of nitrogens with one attached hydrogen (secondary N) is 1. The Balaban J connectivity index is 1.74. The molecule has 27 heavy (non-hydrogen) atoms. The van der Waals surface area contributed by atoms with E-state index >= 15 is 0 Å². The molecule has 0 saturated heterocycles. The summed E-state index contributed by atoms with van der Waals surface area (Å²) in [4.78, 5) is 12.0. The van der Waals surface area contributed by atoms with Crippen molar-refractivity contribution >= 4 is 28.9 Å². The molecule has 0 heterocycles. The third-order valence-corrected chi connectivity index (χ3v) is 6.30. The molecule has 0 aliphatic heterocycles. The Bertz CT molecular complexity index is 879. The molecule has 4 heteroatoms. The van der Waals surface area contributed by atoms with Gasteiger partial charge in [-0.25, -0.2) is 0 Å². The molecule has 1 N–H and O–H groups in total. The quantitative estimate of drug-likeness (QED) is 0.415. The van der Waals surface area contributed by atoms with Crippen molar-refractivity contribution in [2.75, 3.05) is 5.32 Å². The van der Waals surface area contributed by atoms with Gasteiger partial charge in [0.2, 0.25) is 0 Å². The average Bonchev–Trinajstić information content (AvgIpc) is 3.04. The normalized spacial score (nSPS) is 23.8. The number of alkyl halides is 1. The first-order chi connectivity index (χ1) is 12.7. The Morgan fingerprint density at radius 1 is 1.19 bits per heavy atom. The predicted octanol–water partition coefficient (Wildman–Crippen LogP) is 5.61. The fourth-order valence-electron chi connectivity index (χ4n) is 3.41. The Morgan fingerprint density at radius 2 is 1.81 bits per heavy atom. The van der Waals surface area contributed by atoms with Crippen molar-refractivity contribution in [3.63, 3.8) is 0 Å². The van der Waals surface area contributed by atoms with E-state index in [2.05, 4.69) is 11.2 Å². The van der Waals surface area contributed by atoms with E-state index in [1.807, 2.05) is 76.2 Å². The zero-order valence-electron chi connectivity index (χ0n) is 16.0. The summed E-state index contributed by atoms with van der Waals surface area (Å²) < 4.78 is 5.61. The van der Waals surface area contributed by atoms with Gasteiger partial charge in [0.15, 0.2) is 6.10 Å². The third kappa shape index (κ3) is 3.68. The Morgan fingerprint density at radius 3 is 2.37 bits per heavy atom. The number of halogens is 1. The van der Waals surface area contributed by atoms with Gasteiger partial charge in [-0.3, -0.25) is 4.79 Å². The summed E-state index contributed by atoms with van der Waals surface area (Å²) >= 11 is 6.43. The van der Waals surface area contributed by atoms with Crippen molar-refractivity contribution < 1.29 is 9.53 Å². The first kappa shape index (κ1) is 19.3. The molecule has 1 fully saturated rings. The summed E-state index contributed by atoms with van der Waals surface area (Å²) in [5.41, 5.74) is 3.49. The van der Waals surface area contributed by atoms with Gasteiger partial charge in [-0.05, 0) is 43.5 Å². The van der Waals surface area contributed by atoms with Gasteiger partial charge < -0.3 is 10.1 Å². The fraction of sp³-hybridized carbons (Fsp3) is 0.348. The molecular weight excluding hydrogens is 358 g/mol. The summed E-state index contributed by atoms with van der Waals surface area (Å²) in [6.07, 6.45) is 4.90. The third-order valence-electron chi connectivity index (χ3n) is 5.59. The lowest BCUT2D eigenvalue weighted by Gasteiger charge is -2.15. The largest absolute Gasteiger partial charge is 0.444 e. The molecule has 0 spiro atoms. The minimum atomic E-state index is -0.749. The minimum Gasteiger partial charge on any atom is -0.444 e. The van der Waals surface area contributed by atoms with Gasteiger partial charge in [-0.1, -0.05) is 49.6 Å². The Hall–Kier alpha value is -2.44. The molecule has 140 valence electrons.